The van der Waals surface area contributed by atoms with Crippen molar-refractivity contribution in [2.24, 2.45) is 0 Å². The predicted octanol–water partition coefficient (Wildman–Crippen LogP) is 0.866. The van der Waals surface area contributed by atoms with E-state index in [1.807, 2.05) is 7.05 Å². The third-order valence-electron chi connectivity index (χ3n) is 4.92. The Kier molecular flexibility index (Phi) is 4.28. The van der Waals surface area contributed by atoms with Crippen molar-refractivity contribution in [3.05, 3.63) is 29.6 Å². The van der Waals surface area contributed by atoms with Gasteiger partial charge in [-0.25, -0.2) is 12.7 Å². The number of nitrogens with zero attached hydrogens (tertiary/aromatic N) is 4. The van der Waals surface area contributed by atoms with Crippen LogP contribution < -0.4 is 5.32 Å². The van der Waals surface area contributed by atoms with E-state index in [1.165, 1.54) is 12.1 Å². The average molecular weight is 391 g/mol. The molecule has 1 amide bonds. The van der Waals surface area contributed by atoms with E-state index in [-0.39, 0.29) is 22.4 Å². The van der Waals surface area contributed by atoms with Gasteiger partial charge in [-0.1, -0.05) is 5.16 Å². The van der Waals surface area contributed by atoms with E-state index in [9.17, 15) is 13.2 Å². The fourth-order valence-corrected chi connectivity index (χ4v) is 5.27. The highest BCUT2D eigenvalue weighted by Gasteiger charge is 2.43. The normalized spacial score (nSPS) is 22.4. The van der Waals surface area contributed by atoms with Crippen LogP contribution in [0.3, 0.4) is 0 Å². The number of likely N-dealkylation sites (N-methyl/N-ethyl adjacent to an activating group) is 1. The van der Waals surface area contributed by atoms with Gasteiger partial charge in [0, 0.05) is 31.2 Å². The van der Waals surface area contributed by atoms with Gasteiger partial charge in [-0.3, -0.25) is 9.69 Å². The molecule has 1 fully saturated rings. The zero-order valence-electron chi connectivity index (χ0n) is 15.3. The van der Waals surface area contributed by atoms with E-state index < -0.39 is 22.0 Å². The number of hydrogen-bond acceptors (Lipinski definition) is 8. The first-order chi connectivity index (χ1) is 12.8. The van der Waals surface area contributed by atoms with Gasteiger partial charge in [0.25, 0.3) is 21.8 Å². The molecule has 3 heterocycles. The van der Waals surface area contributed by atoms with Crippen molar-refractivity contribution in [2.75, 3.05) is 26.7 Å². The van der Waals surface area contributed by atoms with Crippen molar-refractivity contribution < 1.29 is 17.7 Å². The Morgan fingerprint density at radius 1 is 1.33 bits per heavy atom. The molecule has 2 aliphatic rings. The minimum absolute atomic E-state index is 0.00702. The number of benzene rings is 1. The first-order valence-corrected chi connectivity index (χ1v) is 10.2. The molecule has 0 bridgehead atoms. The molecule has 27 heavy (non-hydrogen) atoms. The molecular weight excluding hydrogens is 370 g/mol. The summed E-state index contributed by atoms with van der Waals surface area (Å²) in [5.74, 6) is 0.271. The van der Waals surface area contributed by atoms with Gasteiger partial charge in [0.2, 0.25) is 0 Å². The van der Waals surface area contributed by atoms with Crippen LogP contribution in [-0.4, -0.2) is 66.4 Å². The molecule has 2 aliphatic heterocycles. The van der Waals surface area contributed by atoms with Gasteiger partial charge in [-0.15, -0.1) is 0 Å². The van der Waals surface area contributed by atoms with E-state index in [4.69, 9.17) is 4.52 Å². The van der Waals surface area contributed by atoms with E-state index in [1.54, 1.807) is 19.9 Å². The highest BCUT2D eigenvalue weighted by molar-refractivity contribution is 7.90. The lowest BCUT2D eigenvalue weighted by atomic mass is 10.1. The number of carbonyl (C=O) groups excluding carboxylic acids is 1. The number of piperazine rings is 1. The molecule has 1 unspecified atom stereocenters. The molecule has 9 nitrogen and oxygen atoms in total. The lowest BCUT2D eigenvalue weighted by Crippen LogP contribution is -2.44. The lowest BCUT2D eigenvalue weighted by molar-refractivity contribution is 0.0846. The Labute approximate surface area is 157 Å². The predicted molar refractivity (Wildman–Crippen MR) is 96.5 cm³/mol. The van der Waals surface area contributed by atoms with Gasteiger partial charge in [0.05, 0.1) is 11.6 Å². The summed E-state index contributed by atoms with van der Waals surface area (Å²) in [5, 5.41) is 7.35. The maximum Gasteiger partial charge on any atom is 0.269 e. The summed E-state index contributed by atoms with van der Waals surface area (Å²) in [6.07, 6.45) is 0. The highest BCUT2D eigenvalue weighted by atomic mass is 32.2. The van der Waals surface area contributed by atoms with Gasteiger partial charge in [-0.2, -0.15) is 4.98 Å². The minimum Gasteiger partial charge on any atom is -0.334 e. The molecule has 1 N–H and O–H groups in total. The first-order valence-electron chi connectivity index (χ1n) is 8.78. The number of hydrogen-bond donors (Lipinski definition) is 1. The van der Waals surface area contributed by atoms with E-state index in [0.717, 1.165) is 17.4 Å². The Balaban J connectivity index is 1.70. The van der Waals surface area contributed by atoms with Crippen molar-refractivity contribution in [1.29, 1.82) is 0 Å². The van der Waals surface area contributed by atoms with Crippen molar-refractivity contribution in [3.8, 4) is 11.5 Å². The fourth-order valence-electron chi connectivity index (χ4n) is 3.47. The van der Waals surface area contributed by atoms with Gasteiger partial charge >= 0.3 is 0 Å². The summed E-state index contributed by atoms with van der Waals surface area (Å²) < 4.78 is 31.8. The topological polar surface area (TPSA) is 109 Å². The summed E-state index contributed by atoms with van der Waals surface area (Å²) >= 11 is 0. The second kappa shape index (κ2) is 6.39. The molecule has 1 atom stereocenters. The summed E-state index contributed by atoms with van der Waals surface area (Å²) in [6, 6.07) is 4.11. The standard InChI is InChI=1S/C17H21N5O4S/c1-10(2)22-17(23)12-5-4-11(8-14(12)27(22,24)25)16-19-15(20-26-16)13-9-18-6-7-21(13)3/h4-5,8,10,13,18H,6-7,9H2,1-3H3. The molecule has 1 saturated heterocycles. The third-order valence-corrected chi connectivity index (χ3v) is 6.91. The third kappa shape index (κ3) is 2.84. The van der Waals surface area contributed by atoms with Gasteiger partial charge in [0.15, 0.2) is 5.82 Å². The Bertz CT molecular complexity index is 1000. The van der Waals surface area contributed by atoms with Crippen LogP contribution in [0.25, 0.3) is 11.5 Å². The largest absolute Gasteiger partial charge is 0.334 e. The second-order valence-electron chi connectivity index (χ2n) is 7.07. The van der Waals surface area contributed by atoms with Crippen molar-refractivity contribution in [1.82, 2.24) is 24.7 Å². The molecule has 0 radical (unpaired) electrons. The molecule has 2 aromatic rings. The Morgan fingerprint density at radius 3 is 2.81 bits per heavy atom. The SMILES string of the molecule is CC(C)N1C(=O)c2ccc(-c3nc(C4CNCCN4C)no3)cc2S1(=O)=O. The summed E-state index contributed by atoms with van der Waals surface area (Å²) in [7, 11) is -1.88. The number of fused-ring (bicyclic) bond motifs is 1. The minimum atomic E-state index is -3.87. The van der Waals surface area contributed by atoms with Crippen LogP contribution in [0.15, 0.2) is 27.6 Å². The summed E-state index contributed by atoms with van der Waals surface area (Å²) in [6.45, 7) is 5.83. The molecule has 4 rings (SSSR count). The fraction of sp³-hybridized carbons (Fsp3) is 0.471. The van der Waals surface area contributed by atoms with E-state index in [0.29, 0.717) is 17.9 Å². The number of amides is 1. The van der Waals surface area contributed by atoms with Gasteiger partial charge in [0.1, 0.15) is 4.90 Å². The van der Waals surface area contributed by atoms with Gasteiger partial charge in [-0.05, 0) is 39.1 Å². The van der Waals surface area contributed by atoms with Crippen LogP contribution in [0.5, 0.6) is 0 Å². The zero-order valence-corrected chi connectivity index (χ0v) is 16.2. The van der Waals surface area contributed by atoms with Crippen LogP contribution in [0.2, 0.25) is 0 Å². The van der Waals surface area contributed by atoms with Crippen LogP contribution in [-0.2, 0) is 10.0 Å². The van der Waals surface area contributed by atoms with E-state index >= 15 is 0 Å². The molecule has 0 aliphatic carbocycles. The first kappa shape index (κ1) is 18.1. The van der Waals surface area contributed by atoms with Crippen LogP contribution in [0.1, 0.15) is 36.1 Å². The van der Waals surface area contributed by atoms with Crippen LogP contribution >= 0.6 is 0 Å². The average Bonchev–Trinajstić information content (AvgIpc) is 3.17. The quantitative estimate of drug-likeness (QED) is 0.821. The van der Waals surface area contributed by atoms with E-state index in [2.05, 4.69) is 20.4 Å². The maximum atomic E-state index is 12.7. The van der Waals surface area contributed by atoms with Crippen molar-refractivity contribution in [3.63, 3.8) is 0 Å². The number of nitrogens with one attached hydrogen (secondary N) is 1. The monoisotopic (exact) mass is 391 g/mol. The number of sulfonamides is 1. The summed E-state index contributed by atoms with van der Waals surface area (Å²) in [5.41, 5.74) is 0.643. The molecule has 1 aromatic heterocycles. The molecule has 10 heteroatoms. The Hall–Kier alpha value is -2.30. The zero-order chi connectivity index (χ0) is 19.3. The van der Waals surface area contributed by atoms with Gasteiger partial charge < -0.3 is 9.84 Å². The maximum absolute atomic E-state index is 12.7. The number of aromatic nitrogens is 2. The second-order valence-corrected chi connectivity index (χ2v) is 8.85. The molecule has 144 valence electrons. The Morgan fingerprint density at radius 2 is 2.11 bits per heavy atom. The van der Waals surface area contributed by atoms with Crippen LogP contribution in [0.4, 0.5) is 0 Å². The molecule has 0 spiro atoms. The molecular formula is C17H21N5O4S. The van der Waals surface area contributed by atoms with Crippen molar-refractivity contribution in [2.45, 2.75) is 30.8 Å². The smallest absolute Gasteiger partial charge is 0.269 e. The highest BCUT2D eigenvalue weighted by Crippen LogP contribution is 2.35. The molecule has 1 aromatic carbocycles. The number of rotatable bonds is 3. The van der Waals surface area contributed by atoms with Crippen molar-refractivity contribution >= 4 is 15.9 Å². The number of carbonyl (C=O) groups is 1. The molecule has 0 saturated carbocycles. The van der Waals surface area contributed by atoms with Crippen LogP contribution in [0, 0.1) is 0 Å². The lowest BCUT2D eigenvalue weighted by Gasteiger charge is -2.30. The summed E-state index contributed by atoms with van der Waals surface area (Å²) in [4.78, 5) is 19.0.